The minimum absolute atomic E-state index is 0.253. The summed E-state index contributed by atoms with van der Waals surface area (Å²) < 4.78 is 28.3. The van der Waals surface area contributed by atoms with Crippen molar-refractivity contribution in [1.29, 1.82) is 0 Å². The van der Waals surface area contributed by atoms with Gasteiger partial charge in [0, 0.05) is 11.0 Å². The maximum absolute atomic E-state index is 12.5. The van der Waals surface area contributed by atoms with Crippen molar-refractivity contribution in [3.8, 4) is 0 Å². The fraction of sp³-hybridized carbons (Fsp3) is 0.200. The fourth-order valence-corrected chi connectivity index (χ4v) is 3.59. The summed E-state index contributed by atoms with van der Waals surface area (Å²) in [5.74, 6) is 0. The Labute approximate surface area is 133 Å². The van der Waals surface area contributed by atoms with E-state index in [-0.39, 0.29) is 4.90 Å². The number of aryl methyl sites for hydroxylation is 1. The third-order valence-corrected chi connectivity index (χ3v) is 5.44. The molecule has 2 aromatic rings. The Morgan fingerprint density at radius 2 is 1.86 bits per heavy atom. The molecular weight excluding hydrogens is 352 g/mol. The molecule has 0 aromatic heterocycles. The molecule has 0 aliphatic carbocycles. The second-order valence-corrected chi connectivity index (χ2v) is 7.20. The zero-order valence-corrected chi connectivity index (χ0v) is 14.3. The van der Waals surface area contributed by atoms with Gasteiger partial charge in [-0.05, 0) is 59.2 Å². The zero-order chi connectivity index (χ0) is 15.5. The maximum Gasteiger partial charge on any atom is 0.261 e. The fourth-order valence-electron chi connectivity index (χ4n) is 1.96. The molecule has 0 amide bonds. The van der Waals surface area contributed by atoms with Crippen LogP contribution in [-0.2, 0) is 16.6 Å². The van der Waals surface area contributed by atoms with E-state index in [4.69, 9.17) is 0 Å². The quantitative estimate of drug-likeness (QED) is 0.851. The van der Waals surface area contributed by atoms with Gasteiger partial charge in [0.05, 0.1) is 10.6 Å². The molecule has 0 spiro atoms. The van der Waals surface area contributed by atoms with Crippen LogP contribution in [0.25, 0.3) is 0 Å². The molecule has 0 saturated heterocycles. The Bertz CT molecular complexity index is 745. The molecular formula is C15H17BrN2O2S. The molecule has 21 heavy (non-hydrogen) atoms. The van der Waals surface area contributed by atoms with Crippen LogP contribution >= 0.6 is 15.9 Å². The minimum Gasteiger partial charge on any atom is -0.316 e. The Morgan fingerprint density at radius 3 is 2.57 bits per heavy atom. The highest BCUT2D eigenvalue weighted by molar-refractivity contribution is 9.10. The highest BCUT2D eigenvalue weighted by Crippen LogP contribution is 2.28. The number of hydrogen-bond donors (Lipinski definition) is 2. The number of anilines is 1. The number of nitrogens with one attached hydrogen (secondary N) is 2. The van der Waals surface area contributed by atoms with E-state index in [9.17, 15) is 8.42 Å². The zero-order valence-electron chi connectivity index (χ0n) is 11.9. The lowest BCUT2D eigenvalue weighted by Crippen LogP contribution is -2.14. The SMILES string of the molecule is CNCc1cccc(S(=O)(=O)Nc2cccc(C)c2Br)c1. The third kappa shape index (κ3) is 3.84. The standard InChI is InChI=1S/C15H17BrN2O2S/c1-11-5-3-8-14(15(11)16)18-21(19,20)13-7-4-6-12(9-13)10-17-2/h3-9,17-18H,10H2,1-2H3. The van der Waals surface area contributed by atoms with Crippen LogP contribution in [0.5, 0.6) is 0 Å². The first kappa shape index (κ1) is 16.0. The van der Waals surface area contributed by atoms with Crippen LogP contribution in [-0.4, -0.2) is 15.5 Å². The van der Waals surface area contributed by atoms with Gasteiger partial charge < -0.3 is 5.32 Å². The largest absolute Gasteiger partial charge is 0.316 e. The molecule has 0 atom stereocenters. The minimum atomic E-state index is -3.60. The van der Waals surface area contributed by atoms with Crippen molar-refractivity contribution >= 4 is 31.6 Å². The second-order valence-electron chi connectivity index (χ2n) is 4.72. The lowest BCUT2D eigenvalue weighted by molar-refractivity contribution is 0.601. The van der Waals surface area contributed by atoms with Crippen LogP contribution in [0.15, 0.2) is 51.8 Å². The summed E-state index contributed by atoms with van der Waals surface area (Å²) >= 11 is 3.41. The first-order valence-electron chi connectivity index (χ1n) is 6.45. The molecule has 112 valence electrons. The predicted octanol–water partition coefficient (Wildman–Crippen LogP) is 3.28. The average molecular weight is 369 g/mol. The molecule has 0 radical (unpaired) electrons. The van der Waals surface area contributed by atoms with E-state index in [1.807, 2.05) is 32.2 Å². The number of sulfonamides is 1. The molecule has 0 saturated carbocycles. The van der Waals surface area contributed by atoms with Crippen molar-refractivity contribution in [1.82, 2.24) is 5.32 Å². The van der Waals surface area contributed by atoms with Gasteiger partial charge in [0.25, 0.3) is 10.0 Å². The molecule has 0 aliphatic rings. The van der Waals surface area contributed by atoms with Gasteiger partial charge in [-0.1, -0.05) is 24.3 Å². The van der Waals surface area contributed by atoms with Crippen LogP contribution in [0, 0.1) is 6.92 Å². The smallest absolute Gasteiger partial charge is 0.261 e. The van der Waals surface area contributed by atoms with Crippen molar-refractivity contribution in [3.05, 3.63) is 58.1 Å². The summed E-state index contributed by atoms with van der Waals surface area (Å²) in [4.78, 5) is 0.253. The molecule has 0 unspecified atom stereocenters. The molecule has 0 bridgehead atoms. The van der Waals surface area contributed by atoms with E-state index in [0.717, 1.165) is 15.6 Å². The summed E-state index contributed by atoms with van der Waals surface area (Å²) in [7, 11) is -1.78. The van der Waals surface area contributed by atoms with Crippen molar-refractivity contribution in [3.63, 3.8) is 0 Å². The summed E-state index contributed by atoms with van der Waals surface area (Å²) in [6.07, 6.45) is 0. The molecule has 2 N–H and O–H groups in total. The number of benzene rings is 2. The van der Waals surface area contributed by atoms with Gasteiger partial charge in [-0.15, -0.1) is 0 Å². The lowest BCUT2D eigenvalue weighted by atomic mass is 10.2. The third-order valence-electron chi connectivity index (χ3n) is 3.03. The van der Waals surface area contributed by atoms with Crippen molar-refractivity contribution < 1.29 is 8.42 Å². The Morgan fingerprint density at radius 1 is 1.14 bits per heavy atom. The molecule has 0 fully saturated rings. The van der Waals surface area contributed by atoms with Crippen molar-refractivity contribution in [2.75, 3.05) is 11.8 Å². The van der Waals surface area contributed by atoms with Crippen molar-refractivity contribution in [2.24, 2.45) is 0 Å². The maximum atomic E-state index is 12.5. The topological polar surface area (TPSA) is 58.2 Å². The average Bonchev–Trinajstić information content (AvgIpc) is 2.44. The Balaban J connectivity index is 2.34. The first-order valence-corrected chi connectivity index (χ1v) is 8.73. The van der Waals surface area contributed by atoms with Gasteiger partial charge in [-0.25, -0.2) is 8.42 Å². The highest BCUT2D eigenvalue weighted by atomic mass is 79.9. The van der Waals surface area contributed by atoms with E-state index >= 15 is 0 Å². The number of rotatable bonds is 5. The van der Waals surface area contributed by atoms with E-state index in [0.29, 0.717) is 12.2 Å². The van der Waals surface area contributed by atoms with Gasteiger partial charge in [0.2, 0.25) is 0 Å². The van der Waals surface area contributed by atoms with Gasteiger partial charge in [0.1, 0.15) is 0 Å². The van der Waals surface area contributed by atoms with E-state index < -0.39 is 10.0 Å². The van der Waals surface area contributed by atoms with Gasteiger partial charge >= 0.3 is 0 Å². The van der Waals surface area contributed by atoms with E-state index in [2.05, 4.69) is 26.0 Å². The molecule has 2 aromatic carbocycles. The molecule has 4 nitrogen and oxygen atoms in total. The number of hydrogen-bond acceptors (Lipinski definition) is 3. The summed E-state index contributed by atoms with van der Waals surface area (Å²) in [5.41, 5.74) is 2.43. The van der Waals surface area contributed by atoms with Crippen LogP contribution in [0.1, 0.15) is 11.1 Å². The molecule has 0 heterocycles. The highest BCUT2D eigenvalue weighted by Gasteiger charge is 2.16. The monoisotopic (exact) mass is 368 g/mol. The van der Waals surface area contributed by atoms with Gasteiger partial charge in [-0.2, -0.15) is 0 Å². The summed E-state index contributed by atoms with van der Waals surface area (Å²) in [6, 6.07) is 12.3. The molecule has 0 aliphatic heterocycles. The van der Waals surface area contributed by atoms with Crippen molar-refractivity contribution in [2.45, 2.75) is 18.4 Å². The summed E-state index contributed by atoms with van der Waals surface area (Å²) in [5, 5.41) is 3.01. The Hall–Kier alpha value is -1.37. The van der Waals surface area contributed by atoms with Crippen LogP contribution in [0.3, 0.4) is 0 Å². The summed E-state index contributed by atoms with van der Waals surface area (Å²) in [6.45, 7) is 2.53. The van der Waals surface area contributed by atoms with E-state index in [1.54, 1.807) is 24.3 Å². The van der Waals surface area contributed by atoms with Gasteiger partial charge in [-0.3, -0.25) is 4.72 Å². The normalized spacial score (nSPS) is 11.4. The van der Waals surface area contributed by atoms with Gasteiger partial charge in [0.15, 0.2) is 0 Å². The Kier molecular flexibility index (Phi) is 5.03. The second kappa shape index (κ2) is 6.60. The van der Waals surface area contributed by atoms with Crippen LogP contribution in [0.2, 0.25) is 0 Å². The van der Waals surface area contributed by atoms with E-state index in [1.165, 1.54) is 0 Å². The molecule has 6 heteroatoms. The predicted molar refractivity (Wildman–Crippen MR) is 88.9 cm³/mol. The van der Waals surface area contributed by atoms with Crippen LogP contribution < -0.4 is 10.0 Å². The molecule has 2 rings (SSSR count). The van der Waals surface area contributed by atoms with Crippen LogP contribution in [0.4, 0.5) is 5.69 Å². The number of halogens is 1. The lowest BCUT2D eigenvalue weighted by Gasteiger charge is -2.12. The first-order chi connectivity index (χ1) is 9.94.